The molecule has 0 unspecified atom stereocenters. The molecule has 0 aromatic carbocycles. The average Bonchev–Trinajstić information content (AvgIpc) is 2.75. The topological polar surface area (TPSA) is 24.9 Å². The van der Waals surface area contributed by atoms with Gasteiger partial charge in [-0.2, -0.15) is 0 Å². The van der Waals surface area contributed by atoms with Gasteiger partial charge in [0, 0.05) is 34.3 Å². The fourth-order valence-electron chi connectivity index (χ4n) is 1.57. The maximum atomic E-state index is 4.22. The molecular weight excluding hydrogens is 216 g/mol. The van der Waals surface area contributed by atoms with Gasteiger partial charge < -0.3 is 5.32 Å². The molecule has 0 amide bonds. The molecule has 0 saturated carbocycles. The summed E-state index contributed by atoms with van der Waals surface area (Å²) in [5.74, 6) is 0. The molecule has 2 heterocycles. The second-order valence-electron chi connectivity index (χ2n) is 3.80. The Balaban J connectivity index is 2.18. The van der Waals surface area contributed by atoms with Crippen LogP contribution in [0, 0.1) is 6.92 Å². The van der Waals surface area contributed by atoms with Crippen LogP contribution in [0.3, 0.4) is 0 Å². The summed E-state index contributed by atoms with van der Waals surface area (Å²) in [5, 5.41) is 3.34. The fraction of sp³-hybridized carbons (Fsp3) is 0.308. The van der Waals surface area contributed by atoms with Crippen LogP contribution in [0.1, 0.15) is 17.4 Å². The minimum Gasteiger partial charge on any atom is -0.312 e. The predicted octanol–water partition coefficient (Wildman–Crippen LogP) is 3.23. The monoisotopic (exact) mass is 232 g/mol. The maximum Gasteiger partial charge on any atom is 0.0361 e. The Labute approximate surface area is 100 Å². The van der Waals surface area contributed by atoms with Crippen LogP contribution in [0.15, 0.2) is 30.6 Å². The van der Waals surface area contributed by atoms with Gasteiger partial charge in [0.25, 0.3) is 0 Å². The molecule has 0 radical (unpaired) electrons. The second kappa shape index (κ2) is 5.23. The molecule has 0 aliphatic heterocycles. The summed E-state index contributed by atoms with van der Waals surface area (Å²) in [7, 11) is 0. The van der Waals surface area contributed by atoms with E-state index in [0.717, 1.165) is 13.1 Å². The van der Waals surface area contributed by atoms with E-state index < -0.39 is 0 Å². The van der Waals surface area contributed by atoms with Crippen LogP contribution < -0.4 is 5.32 Å². The van der Waals surface area contributed by atoms with E-state index in [0.29, 0.717) is 0 Å². The third-order valence-corrected chi connectivity index (χ3v) is 3.50. The Morgan fingerprint density at radius 1 is 1.31 bits per heavy atom. The predicted molar refractivity (Wildman–Crippen MR) is 69.7 cm³/mol. The molecule has 84 valence electrons. The minimum atomic E-state index is 0.959. The second-order valence-corrected chi connectivity index (χ2v) is 4.97. The van der Waals surface area contributed by atoms with Crippen molar-refractivity contribution in [2.75, 3.05) is 6.54 Å². The Bertz CT molecular complexity index is 462. The highest BCUT2D eigenvalue weighted by Crippen LogP contribution is 2.27. The highest BCUT2D eigenvalue weighted by molar-refractivity contribution is 7.15. The number of aromatic nitrogens is 1. The van der Waals surface area contributed by atoms with Gasteiger partial charge in [0.2, 0.25) is 0 Å². The smallest absolute Gasteiger partial charge is 0.0361 e. The first-order valence-electron chi connectivity index (χ1n) is 5.51. The maximum absolute atomic E-state index is 4.22. The van der Waals surface area contributed by atoms with Crippen LogP contribution in [0.4, 0.5) is 0 Å². The van der Waals surface area contributed by atoms with Crippen molar-refractivity contribution in [3.8, 4) is 10.4 Å². The highest BCUT2D eigenvalue weighted by atomic mass is 32.1. The number of pyridine rings is 1. The largest absolute Gasteiger partial charge is 0.312 e. The van der Waals surface area contributed by atoms with Gasteiger partial charge in [-0.1, -0.05) is 6.92 Å². The third kappa shape index (κ3) is 2.68. The first kappa shape index (κ1) is 11.3. The lowest BCUT2D eigenvalue weighted by Crippen LogP contribution is -2.10. The normalized spacial score (nSPS) is 10.6. The molecule has 2 rings (SSSR count). The van der Waals surface area contributed by atoms with Gasteiger partial charge in [0.1, 0.15) is 0 Å². The van der Waals surface area contributed by atoms with Crippen molar-refractivity contribution in [1.82, 2.24) is 10.3 Å². The molecule has 0 fully saturated rings. The van der Waals surface area contributed by atoms with Crippen molar-refractivity contribution >= 4 is 11.3 Å². The molecule has 0 aliphatic carbocycles. The van der Waals surface area contributed by atoms with E-state index in [1.54, 1.807) is 0 Å². The fourth-order valence-corrected chi connectivity index (χ4v) is 2.52. The molecule has 0 saturated heterocycles. The van der Waals surface area contributed by atoms with E-state index >= 15 is 0 Å². The SMILES string of the molecule is CCNCc1ccc(-c2cncc(C)c2)s1. The Morgan fingerprint density at radius 3 is 2.94 bits per heavy atom. The number of nitrogens with one attached hydrogen (secondary N) is 1. The number of hydrogen-bond acceptors (Lipinski definition) is 3. The standard InChI is InChI=1S/C13H16N2S/c1-3-14-9-12-4-5-13(16-12)11-6-10(2)7-15-8-11/h4-8,14H,3,9H2,1-2H3. The molecule has 2 aromatic rings. The molecule has 0 spiro atoms. The molecule has 0 aliphatic rings. The third-order valence-electron chi connectivity index (χ3n) is 2.37. The van der Waals surface area contributed by atoms with E-state index in [2.05, 4.69) is 42.3 Å². The van der Waals surface area contributed by atoms with E-state index in [1.807, 2.05) is 23.7 Å². The number of nitrogens with zero attached hydrogens (tertiary/aromatic N) is 1. The van der Waals surface area contributed by atoms with E-state index in [-0.39, 0.29) is 0 Å². The van der Waals surface area contributed by atoms with Gasteiger partial charge in [-0.15, -0.1) is 11.3 Å². The molecule has 0 atom stereocenters. The lowest BCUT2D eigenvalue weighted by molar-refractivity contribution is 0.735. The van der Waals surface area contributed by atoms with Gasteiger partial charge >= 0.3 is 0 Å². The Morgan fingerprint density at radius 2 is 2.19 bits per heavy atom. The number of aryl methyl sites for hydroxylation is 1. The van der Waals surface area contributed by atoms with Crippen LogP contribution in [-0.2, 0) is 6.54 Å². The highest BCUT2D eigenvalue weighted by Gasteiger charge is 2.02. The van der Waals surface area contributed by atoms with Crippen molar-refractivity contribution < 1.29 is 0 Å². The quantitative estimate of drug-likeness (QED) is 0.875. The van der Waals surface area contributed by atoms with Crippen molar-refractivity contribution in [2.45, 2.75) is 20.4 Å². The first-order valence-corrected chi connectivity index (χ1v) is 6.32. The molecule has 2 nitrogen and oxygen atoms in total. The van der Waals surface area contributed by atoms with Gasteiger partial charge in [-0.3, -0.25) is 4.98 Å². The van der Waals surface area contributed by atoms with Crippen LogP contribution >= 0.6 is 11.3 Å². The minimum absolute atomic E-state index is 0.959. The first-order chi connectivity index (χ1) is 7.79. The molecule has 16 heavy (non-hydrogen) atoms. The summed E-state index contributed by atoms with van der Waals surface area (Å²) in [6, 6.07) is 6.54. The molecular formula is C13H16N2S. The summed E-state index contributed by atoms with van der Waals surface area (Å²) in [4.78, 5) is 6.89. The van der Waals surface area contributed by atoms with Crippen LogP contribution in [0.2, 0.25) is 0 Å². The summed E-state index contributed by atoms with van der Waals surface area (Å²) in [5.41, 5.74) is 2.42. The Kier molecular flexibility index (Phi) is 3.70. The van der Waals surface area contributed by atoms with Crippen molar-refractivity contribution in [3.63, 3.8) is 0 Å². The molecule has 2 aromatic heterocycles. The average molecular weight is 232 g/mol. The van der Waals surface area contributed by atoms with Crippen molar-refractivity contribution in [3.05, 3.63) is 41.0 Å². The van der Waals surface area contributed by atoms with E-state index in [9.17, 15) is 0 Å². The van der Waals surface area contributed by atoms with E-state index in [1.165, 1.54) is 20.9 Å². The van der Waals surface area contributed by atoms with Crippen LogP contribution in [0.25, 0.3) is 10.4 Å². The summed E-state index contributed by atoms with van der Waals surface area (Å²) in [6.45, 7) is 6.17. The van der Waals surface area contributed by atoms with Crippen molar-refractivity contribution in [1.29, 1.82) is 0 Å². The van der Waals surface area contributed by atoms with Crippen LogP contribution in [-0.4, -0.2) is 11.5 Å². The zero-order valence-corrected chi connectivity index (χ0v) is 10.5. The summed E-state index contributed by atoms with van der Waals surface area (Å²) >= 11 is 1.83. The number of thiophene rings is 1. The van der Waals surface area contributed by atoms with E-state index in [4.69, 9.17) is 0 Å². The van der Waals surface area contributed by atoms with Gasteiger partial charge in [0.05, 0.1) is 0 Å². The molecule has 3 heteroatoms. The number of rotatable bonds is 4. The lowest BCUT2D eigenvalue weighted by atomic mass is 10.2. The Hall–Kier alpha value is -1.19. The van der Waals surface area contributed by atoms with Gasteiger partial charge in [-0.05, 0) is 37.2 Å². The summed E-state index contributed by atoms with van der Waals surface area (Å²) < 4.78 is 0. The molecule has 0 bridgehead atoms. The van der Waals surface area contributed by atoms with Gasteiger partial charge in [0.15, 0.2) is 0 Å². The number of hydrogen-bond donors (Lipinski definition) is 1. The lowest BCUT2D eigenvalue weighted by Gasteiger charge is -1.98. The van der Waals surface area contributed by atoms with Gasteiger partial charge in [-0.25, -0.2) is 0 Å². The van der Waals surface area contributed by atoms with Crippen LogP contribution in [0.5, 0.6) is 0 Å². The summed E-state index contributed by atoms with van der Waals surface area (Å²) in [6.07, 6.45) is 3.81. The molecule has 1 N–H and O–H groups in total. The van der Waals surface area contributed by atoms with Crippen molar-refractivity contribution in [2.24, 2.45) is 0 Å². The zero-order valence-electron chi connectivity index (χ0n) is 9.66. The zero-order chi connectivity index (χ0) is 11.4.